The second-order valence-corrected chi connectivity index (χ2v) is 3.79. The van der Waals surface area contributed by atoms with Gasteiger partial charge in [-0.15, -0.1) is 0 Å². The van der Waals surface area contributed by atoms with Crippen LogP contribution in [0.3, 0.4) is 0 Å². The fourth-order valence-corrected chi connectivity index (χ4v) is 1.65. The van der Waals surface area contributed by atoms with Crippen LogP contribution in [-0.4, -0.2) is 23.0 Å². The quantitative estimate of drug-likeness (QED) is 0.742. The van der Waals surface area contributed by atoms with Gasteiger partial charge in [-0.1, -0.05) is 43.1 Å². The topological polar surface area (TPSA) is 16.1 Å². The maximum atomic E-state index is 5.97. The maximum Gasteiger partial charge on any atom is 0.135 e. The molecule has 0 amide bonds. The summed E-state index contributed by atoms with van der Waals surface area (Å²) in [4.78, 5) is 6.27. The van der Waals surface area contributed by atoms with E-state index in [-0.39, 0.29) is 0 Å². The normalized spacial score (nSPS) is 10.9. The predicted molar refractivity (Wildman–Crippen MR) is 60.9 cm³/mol. The summed E-state index contributed by atoms with van der Waals surface area (Å²) in [6.45, 7) is 7.10. The Bertz CT molecular complexity index is 298. The molecule has 1 aromatic rings. The zero-order valence-electron chi connectivity index (χ0n) is 8.43. The van der Waals surface area contributed by atoms with E-state index in [0.717, 1.165) is 25.2 Å². The van der Waals surface area contributed by atoms with Gasteiger partial charge in [0.15, 0.2) is 0 Å². The third-order valence-corrected chi connectivity index (χ3v) is 2.72. The van der Waals surface area contributed by atoms with Crippen LogP contribution in [0.1, 0.15) is 19.4 Å². The SMILES string of the molecule is CCN(CC)Cc1ccc(Cl)nc1Cl. The second-order valence-electron chi connectivity index (χ2n) is 3.05. The van der Waals surface area contributed by atoms with Crippen molar-refractivity contribution in [1.82, 2.24) is 9.88 Å². The molecule has 0 fully saturated rings. The molecule has 0 N–H and O–H groups in total. The molecule has 0 radical (unpaired) electrons. The summed E-state index contributed by atoms with van der Waals surface area (Å²) in [5, 5.41) is 0.947. The zero-order chi connectivity index (χ0) is 10.6. The number of hydrogen-bond acceptors (Lipinski definition) is 2. The molecular formula is C10H14Cl2N2. The molecule has 0 aliphatic rings. The van der Waals surface area contributed by atoms with Crippen molar-refractivity contribution < 1.29 is 0 Å². The summed E-state index contributed by atoms with van der Waals surface area (Å²) in [5.41, 5.74) is 1.03. The van der Waals surface area contributed by atoms with Gasteiger partial charge in [-0.2, -0.15) is 0 Å². The van der Waals surface area contributed by atoms with Crippen molar-refractivity contribution in [2.75, 3.05) is 13.1 Å². The molecule has 1 heterocycles. The van der Waals surface area contributed by atoms with Crippen molar-refractivity contribution in [3.8, 4) is 0 Å². The van der Waals surface area contributed by atoms with Crippen LogP contribution in [0.15, 0.2) is 12.1 Å². The van der Waals surface area contributed by atoms with Crippen molar-refractivity contribution in [1.29, 1.82) is 0 Å². The van der Waals surface area contributed by atoms with E-state index in [1.54, 1.807) is 6.07 Å². The molecule has 0 bridgehead atoms. The van der Waals surface area contributed by atoms with E-state index in [9.17, 15) is 0 Å². The molecule has 14 heavy (non-hydrogen) atoms. The fourth-order valence-electron chi connectivity index (χ4n) is 1.25. The van der Waals surface area contributed by atoms with Crippen molar-refractivity contribution in [2.24, 2.45) is 0 Å². The molecule has 0 saturated heterocycles. The molecule has 1 aromatic heterocycles. The maximum absolute atomic E-state index is 5.97. The van der Waals surface area contributed by atoms with Gasteiger partial charge < -0.3 is 0 Å². The molecule has 4 heteroatoms. The van der Waals surface area contributed by atoms with Crippen LogP contribution in [0.5, 0.6) is 0 Å². The lowest BCUT2D eigenvalue weighted by Gasteiger charge is -2.18. The number of nitrogens with zero attached hydrogens (tertiary/aromatic N) is 2. The summed E-state index contributed by atoms with van der Waals surface area (Å²) in [7, 11) is 0. The minimum atomic E-state index is 0.443. The first-order valence-corrected chi connectivity index (χ1v) is 5.46. The van der Waals surface area contributed by atoms with E-state index in [0.29, 0.717) is 10.3 Å². The van der Waals surface area contributed by atoms with Crippen LogP contribution >= 0.6 is 23.2 Å². The Labute approximate surface area is 94.8 Å². The van der Waals surface area contributed by atoms with Crippen molar-refractivity contribution in [3.05, 3.63) is 28.0 Å². The summed E-state index contributed by atoms with van der Waals surface area (Å²) in [6.07, 6.45) is 0. The van der Waals surface area contributed by atoms with Gasteiger partial charge >= 0.3 is 0 Å². The lowest BCUT2D eigenvalue weighted by molar-refractivity contribution is 0.295. The van der Waals surface area contributed by atoms with Crippen LogP contribution in [0.2, 0.25) is 10.3 Å². The van der Waals surface area contributed by atoms with Crippen molar-refractivity contribution in [3.63, 3.8) is 0 Å². The highest BCUT2D eigenvalue weighted by atomic mass is 35.5. The number of pyridine rings is 1. The molecule has 1 rings (SSSR count). The summed E-state index contributed by atoms with van der Waals surface area (Å²) < 4.78 is 0. The van der Waals surface area contributed by atoms with E-state index < -0.39 is 0 Å². The highest BCUT2D eigenvalue weighted by Crippen LogP contribution is 2.18. The van der Waals surface area contributed by atoms with Crippen molar-refractivity contribution >= 4 is 23.2 Å². The molecule has 0 aliphatic heterocycles. The van der Waals surface area contributed by atoms with Crippen LogP contribution in [0.25, 0.3) is 0 Å². The van der Waals surface area contributed by atoms with E-state index in [1.807, 2.05) is 6.07 Å². The van der Waals surface area contributed by atoms with Gasteiger partial charge in [0.05, 0.1) is 0 Å². The summed E-state index contributed by atoms with van der Waals surface area (Å²) in [6, 6.07) is 3.70. The van der Waals surface area contributed by atoms with E-state index in [2.05, 4.69) is 23.7 Å². The summed E-state index contributed by atoms with van der Waals surface area (Å²) >= 11 is 11.7. The fraction of sp³-hybridized carbons (Fsp3) is 0.500. The molecular weight excluding hydrogens is 219 g/mol. The lowest BCUT2D eigenvalue weighted by Crippen LogP contribution is -2.22. The molecule has 0 saturated carbocycles. The Balaban J connectivity index is 2.76. The Morgan fingerprint density at radius 3 is 2.36 bits per heavy atom. The highest BCUT2D eigenvalue weighted by molar-refractivity contribution is 6.32. The highest BCUT2D eigenvalue weighted by Gasteiger charge is 2.06. The van der Waals surface area contributed by atoms with Gasteiger partial charge in [-0.05, 0) is 19.2 Å². The zero-order valence-corrected chi connectivity index (χ0v) is 9.94. The van der Waals surface area contributed by atoms with Gasteiger partial charge in [-0.25, -0.2) is 4.98 Å². The molecule has 0 atom stereocenters. The third kappa shape index (κ3) is 3.12. The van der Waals surface area contributed by atoms with E-state index in [1.165, 1.54) is 0 Å². The number of halogens is 2. The Kier molecular flexibility index (Phi) is 4.66. The minimum Gasteiger partial charge on any atom is -0.300 e. The smallest absolute Gasteiger partial charge is 0.135 e. The monoisotopic (exact) mass is 232 g/mol. The standard InChI is InChI=1S/C10H14Cl2N2/c1-3-14(4-2)7-8-5-6-9(11)13-10(8)12/h5-6H,3-4,7H2,1-2H3. The van der Waals surface area contributed by atoms with Gasteiger partial charge in [0, 0.05) is 12.1 Å². The van der Waals surface area contributed by atoms with Crippen LogP contribution < -0.4 is 0 Å². The predicted octanol–water partition coefficient (Wildman–Crippen LogP) is 3.23. The van der Waals surface area contributed by atoms with E-state index >= 15 is 0 Å². The molecule has 0 unspecified atom stereocenters. The average Bonchev–Trinajstić information content (AvgIpc) is 2.17. The number of aromatic nitrogens is 1. The molecule has 0 aliphatic carbocycles. The van der Waals surface area contributed by atoms with Gasteiger partial charge in [0.25, 0.3) is 0 Å². The first-order chi connectivity index (χ1) is 6.67. The first kappa shape index (κ1) is 11.8. The Hall–Kier alpha value is -0.310. The molecule has 0 aromatic carbocycles. The van der Waals surface area contributed by atoms with Crippen LogP contribution in [-0.2, 0) is 6.54 Å². The largest absolute Gasteiger partial charge is 0.300 e. The van der Waals surface area contributed by atoms with Crippen LogP contribution in [0, 0.1) is 0 Å². The van der Waals surface area contributed by atoms with Gasteiger partial charge in [-0.3, -0.25) is 4.90 Å². The molecule has 78 valence electrons. The molecule has 2 nitrogen and oxygen atoms in total. The van der Waals surface area contributed by atoms with Gasteiger partial charge in [0.1, 0.15) is 10.3 Å². The Morgan fingerprint density at radius 2 is 1.86 bits per heavy atom. The minimum absolute atomic E-state index is 0.443. The summed E-state index contributed by atoms with van der Waals surface area (Å²) in [5.74, 6) is 0. The number of hydrogen-bond donors (Lipinski definition) is 0. The lowest BCUT2D eigenvalue weighted by atomic mass is 10.2. The van der Waals surface area contributed by atoms with Gasteiger partial charge in [0.2, 0.25) is 0 Å². The third-order valence-electron chi connectivity index (χ3n) is 2.18. The van der Waals surface area contributed by atoms with Crippen molar-refractivity contribution in [2.45, 2.75) is 20.4 Å². The van der Waals surface area contributed by atoms with E-state index in [4.69, 9.17) is 23.2 Å². The molecule has 0 spiro atoms. The first-order valence-electron chi connectivity index (χ1n) is 4.70. The second kappa shape index (κ2) is 5.54. The van der Waals surface area contributed by atoms with Crippen LogP contribution in [0.4, 0.5) is 0 Å². The Morgan fingerprint density at radius 1 is 1.21 bits per heavy atom. The number of rotatable bonds is 4. The average molecular weight is 233 g/mol.